The molecule has 2 aromatic heterocycles. The molecule has 2 aliphatic rings. The number of piperidine rings is 1. The van der Waals surface area contributed by atoms with Gasteiger partial charge < -0.3 is 4.42 Å². The van der Waals surface area contributed by atoms with Crippen molar-refractivity contribution in [3.8, 4) is 0 Å². The van der Waals surface area contributed by atoms with Crippen molar-refractivity contribution in [3.05, 3.63) is 42.6 Å². The molecule has 130 valence electrons. The van der Waals surface area contributed by atoms with Crippen LogP contribution >= 0.6 is 0 Å². The molecule has 4 heterocycles. The first-order valence-electron chi connectivity index (χ1n) is 9.19. The fourth-order valence-electron chi connectivity index (χ4n) is 4.84. The maximum Gasteiger partial charge on any atom is 0.0947 e. The summed E-state index contributed by atoms with van der Waals surface area (Å²) in [5, 5.41) is 4.42. The van der Waals surface area contributed by atoms with Gasteiger partial charge >= 0.3 is 0 Å². The molecule has 0 saturated carbocycles. The van der Waals surface area contributed by atoms with Gasteiger partial charge in [-0.25, -0.2) is 0 Å². The van der Waals surface area contributed by atoms with Gasteiger partial charge in [0, 0.05) is 49.2 Å². The van der Waals surface area contributed by atoms with Gasteiger partial charge in [0.1, 0.15) is 0 Å². The highest BCUT2D eigenvalue weighted by atomic mass is 16.3. The van der Waals surface area contributed by atoms with Crippen LogP contribution in [0.5, 0.6) is 0 Å². The number of likely N-dealkylation sites (tertiary alicyclic amines) is 2. The Labute approximate surface area is 144 Å². The van der Waals surface area contributed by atoms with Crippen molar-refractivity contribution in [1.29, 1.82) is 0 Å². The highest BCUT2D eigenvalue weighted by molar-refractivity contribution is 5.06. The van der Waals surface area contributed by atoms with Gasteiger partial charge in [-0.05, 0) is 51.3 Å². The molecule has 2 aromatic rings. The van der Waals surface area contributed by atoms with Gasteiger partial charge in [0.05, 0.1) is 19.1 Å². The maximum atomic E-state index is 5.22. The van der Waals surface area contributed by atoms with Crippen molar-refractivity contribution in [2.24, 2.45) is 5.92 Å². The van der Waals surface area contributed by atoms with Crippen molar-refractivity contribution in [1.82, 2.24) is 19.6 Å². The summed E-state index contributed by atoms with van der Waals surface area (Å²) in [6, 6.07) is 6.04. The molecule has 0 spiro atoms. The molecule has 0 unspecified atom stereocenters. The number of furan rings is 1. The lowest BCUT2D eigenvalue weighted by atomic mass is 9.91. The monoisotopic (exact) mass is 328 g/mol. The Morgan fingerprint density at radius 1 is 1.38 bits per heavy atom. The highest BCUT2D eigenvalue weighted by Gasteiger charge is 2.44. The molecule has 24 heavy (non-hydrogen) atoms. The lowest BCUT2D eigenvalue weighted by molar-refractivity contribution is 0.0718. The zero-order chi connectivity index (χ0) is 16.5. The summed E-state index contributed by atoms with van der Waals surface area (Å²) in [6.45, 7) is 9.11. The van der Waals surface area contributed by atoms with E-state index in [4.69, 9.17) is 4.42 Å². The second kappa shape index (κ2) is 6.73. The molecule has 2 aliphatic heterocycles. The normalized spacial score (nSPS) is 28.5. The Morgan fingerprint density at radius 2 is 2.29 bits per heavy atom. The number of rotatable bonds is 5. The Kier molecular flexibility index (Phi) is 4.46. The van der Waals surface area contributed by atoms with Gasteiger partial charge in [0.2, 0.25) is 0 Å². The third-order valence-corrected chi connectivity index (χ3v) is 5.70. The van der Waals surface area contributed by atoms with Gasteiger partial charge in [-0.15, -0.1) is 0 Å². The molecular formula is C19H28N4O. The third-order valence-electron chi connectivity index (χ3n) is 5.70. The first kappa shape index (κ1) is 15.9. The molecule has 3 atom stereocenters. The van der Waals surface area contributed by atoms with Crippen LogP contribution in [0.2, 0.25) is 0 Å². The molecule has 5 nitrogen and oxygen atoms in total. The number of fused-ring (bicyclic) bond motifs is 1. The predicted molar refractivity (Wildman–Crippen MR) is 93.5 cm³/mol. The van der Waals surface area contributed by atoms with Crippen LogP contribution in [0.3, 0.4) is 0 Å². The first-order chi connectivity index (χ1) is 11.7. The van der Waals surface area contributed by atoms with Crippen LogP contribution in [-0.2, 0) is 13.1 Å². The van der Waals surface area contributed by atoms with E-state index in [1.807, 2.05) is 18.5 Å². The standard InChI is InChI=1S/C19H28N4O/c1-15(2)23-18(13-22-7-3-6-20-22)10-17-12-21(8-4-19(17)23)11-16-5-9-24-14-16/h3,5-7,9,14-15,17-19H,4,8,10-13H2,1-2H3/t17-,18+,19+/m0/s1. The highest BCUT2D eigenvalue weighted by Crippen LogP contribution is 2.38. The van der Waals surface area contributed by atoms with Crippen molar-refractivity contribution in [3.63, 3.8) is 0 Å². The summed E-state index contributed by atoms with van der Waals surface area (Å²) in [5.74, 6) is 0.772. The Hall–Kier alpha value is -1.59. The van der Waals surface area contributed by atoms with E-state index in [0.29, 0.717) is 12.1 Å². The maximum absolute atomic E-state index is 5.22. The fourth-order valence-corrected chi connectivity index (χ4v) is 4.84. The van der Waals surface area contributed by atoms with Crippen LogP contribution < -0.4 is 0 Å². The molecule has 5 heteroatoms. The van der Waals surface area contributed by atoms with Crippen LogP contribution in [0, 0.1) is 5.92 Å². The van der Waals surface area contributed by atoms with Crippen LogP contribution in [0.4, 0.5) is 0 Å². The Balaban J connectivity index is 1.44. The van der Waals surface area contributed by atoms with Gasteiger partial charge in [0.15, 0.2) is 0 Å². The molecular weight excluding hydrogens is 300 g/mol. The van der Waals surface area contributed by atoms with Gasteiger partial charge in [-0.1, -0.05) is 0 Å². The minimum atomic E-state index is 0.598. The smallest absolute Gasteiger partial charge is 0.0947 e. The summed E-state index contributed by atoms with van der Waals surface area (Å²) < 4.78 is 7.32. The van der Waals surface area contributed by atoms with Gasteiger partial charge in [-0.3, -0.25) is 14.5 Å². The second-order valence-corrected chi connectivity index (χ2v) is 7.64. The summed E-state index contributed by atoms with van der Waals surface area (Å²) in [4.78, 5) is 5.36. The minimum Gasteiger partial charge on any atom is -0.472 e. The van der Waals surface area contributed by atoms with Gasteiger partial charge in [0.25, 0.3) is 0 Å². The summed E-state index contributed by atoms with van der Waals surface area (Å²) in [6.07, 6.45) is 10.2. The van der Waals surface area contributed by atoms with E-state index in [0.717, 1.165) is 25.0 Å². The van der Waals surface area contributed by atoms with E-state index in [2.05, 4.69) is 45.7 Å². The minimum absolute atomic E-state index is 0.598. The molecule has 2 saturated heterocycles. The predicted octanol–water partition coefficient (Wildman–Crippen LogP) is 2.85. The first-order valence-corrected chi connectivity index (χ1v) is 9.19. The van der Waals surface area contributed by atoms with Crippen molar-refractivity contribution >= 4 is 0 Å². The van der Waals surface area contributed by atoms with Crippen molar-refractivity contribution < 1.29 is 4.42 Å². The van der Waals surface area contributed by atoms with Crippen LogP contribution in [0.1, 0.15) is 32.3 Å². The average Bonchev–Trinajstić information content (AvgIpc) is 3.27. The molecule has 0 radical (unpaired) electrons. The zero-order valence-electron chi connectivity index (χ0n) is 14.7. The third kappa shape index (κ3) is 3.15. The molecule has 0 amide bonds. The summed E-state index contributed by atoms with van der Waals surface area (Å²) >= 11 is 0. The molecule has 4 rings (SSSR count). The molecule has 0 aliphatic carbocycles. The van der Waals surface area contributed by atoms with Crippen LogP contribution in [0.25, 0.3) is 0 Å². The topological polar surface area (TPSA) is 37.4 Å². The van der Waals surface area contributed by atoms with Crippen LogP contribution in [0.15, 0.2) is 41.5 Å². The quantitative estimate of drug-likeness (QED) is 0.846. The van der Waals surface area contributed by atoms with E-state index in [1.54, 1.807) is 6.26 Å². The van der Waals surface area contributed by atoms with Crippen molar-refractivity contribution in [2.45, 2.75) is 57.9 Å². The number of nitrogens with zero attached hydrogens (tertiary/aromatic N) is 4. The zero-order valence-corrected chi connectivity index (χ0v) is 14.7. The van der Waals surface area contributed by atoms with E-state index in [9.17, 15) is 0 Å². The van der Waals surface area contributed by atoms with E-state index in [1.165, 1.54) is 31.5 Å². The van der Waals surface area contributed by atoms with E-state index in [-0.39, 0.29) is 0 Å². The fraction of sp³-hybridized carbons (Fsp3) is 0.632. The number of aromatic nitrogens is 2. The largest absolute Gasteiger partial charge is 0.472 e. The Morgan fingerprint density at radius 3 is 3.00 bits per heavy atom. The lowest BCUT2D eigenvalue weighted by Crippen LogP contribution is -2.49. The summed E-state index contributed by atoms with van der Waals surface area (Å²) in [7, 11) is 0. The van der Waals surface area contributed by atoms with Crippen LogP contribution in [-0.4, -0.2) is 50.8 Å². The number of hydrogen-bond acceptors (Lipinski definition) is 4. The SMILES string of the molecule is CC(C)N1[C@@H](Cn2cccn2)C[C@H]2CN(Cc3ccoc3)CC[C@H]21. The second-order valence-electron chi connectivity index (χ2n) is 7.64. The average molecular weight is 328 g/mol. The summed E-state index contributed by atoms with van der Waals surface area (Å²) in [5.41, 5.74) is 1.29. The molecule has 0 aromatic carbocycles. The number of hydrogen-bond donors (Lipinski definition) is 0. The molecule has 0 N–H and O–H groups in total. The Bertz CT molecular complexity index is 622. The molecule has 2 fully saturated rings. The van der Waals surface area contributed by atoms with Gasteiger partial charge in [-0.2, -0.15) is 5.10 Å². The lowest BCUT2D eigenvalue weighted by Gasteiger charge is -2.40. The van der Waals surface area contributed by atoms with Crippen molar-refractivity contribution in [2.75, 3.05) is 13.1 Å². The van der Waals surface area contributed by atoms with E-state index >= 15 is 0 Å². The van der Waals surface area contributed by atoms with E-state index < -0.39 is 0 Å². The molecule has 0 bridgehead atoms.